The molecule has 0 saturated carbocycles. The third-order valence-corrected chi connectivity index (χ3v) is 2.75. The molecule has 13 heavy (non-hydrogen) atoms. The molecule has 0 aromatic heterocycles. The van der Waals surface area contributed by atoms with Crippen molar-refractivity contribution in [2.45, 2.75) is 47.5 Å². The normalized spacial score (nSPS) is 17.7. The summed E-state index contributed by atoms with van der Waals surface area (Å²) < 4.78 is 0. The minimum Gasteiger partial charge on any atom is -0.0767 e. The average Bonchev–Trinajstić information content (AvgIpc) is 2.32. The highest BCUT2D eigenvalue weighted by atomic mass is 14.3. The van der Waals surface area contributed by atoms with Crippen molar-refractivity contribution in [3.8, 4) is 0 Å². The minimum absolute atomic E-state index is 0.367. The number of rotatable bonds is 3. The van der Waals surface area contributed by atoms with Gasteiger partial charge in [-0.3, -0.25) is 0 Å². The van der Waals surface area contributed by atoms with Gasteiger partial charge < -0.3 is 0 Å². The van der Waals surface area contributed by atoms with Crippen LogP contribution in [0, 0.1) is 11.3 Å². The molecule has 0 nitrogen and oxygen atoms in total. The van der Waals surface area contributed by atoms with Crippen LogP contribution < -0.4 is 0 Å². The molecule has 0 heterocycles. The van der Waals surface area contributed by atoms with Gasteiger partial charge in [0.05, 0.1) is 0 Å². The Kier molecular flexibility index (Phi) is 3.00. The van der Waals surface area contributed by atoms with E-state index in [2.05, 4.69) is 46.8 Å². The van der Waals surface area contributed by atoms with Crippen LogP contribution in [0.2, 0.25) is 0 Å². The summed E-state index contributed by atoms with van der Waals surface area (Å²) in [5.74, 6) is 0.783. The van der Waals surface area contributed by atoms with E-state index >= 15 is 0 Å². The molecular weight excluding hydrogens is 156 g/mol. The lowest BCUT2D eigenvalue weighted by Gasteiger charge is -2.27. The lowest BCUT2D eigenvalue weighted by atomic mass is 9.78. The van der Waals surface area contributed by atoms with Crippen LogP contribution in [0.25, 0.3) is 0 Å². The van der Waals surface area contributed by atoms with Gasteiger partial charge in [0, 0.05) is 0 Å². The van der Waals surface area contributed by atoms with Crippen LogP contribution >= 0.6 is 0 Å². The SMILES string of the molecule is CC1=CC(C(C)(C)CC(C)C)=CC1. The third-order valence-electron chi connectivity index (χ3n) is 2.75. The van der Waals surface area contributed by atoms with Crippen molar-refractivity contribution < 1.29 is 0 Å². The van der Waals surface area contributed by atoms with Crippen molar-refractivity contribution in [2.75, 3.05) is 0 Å². The Balaban J connectivity index is 2.70. The van der Waals surface area contributed by atoms with Crippen molar-refractivity contribution in [2.24, 2.45) is 11.3 Å². The first kappa shape index (κ1) is 10.6. The molecule has 0 bridgehead atoms. The Hall–Kier alpha value is -0.520. The van der Waals surface area contributed by atoms with Gasteiger partial charge in [-0.05, 0) is 36.7 Å². The highest BCUT2D eigenvalue weighted by Gasteiger charge is 2.24. The fourth-order valence-corrected chi connectivity index (χ4v) is 2.26. The molecule has 0 aromatic carbocycles. The van der Waals surface area contributed by atoms with Gasteiger partial charge in [0.25, 0.3) is 0 Å². The van der Waals surface area contributed by atoms with Crippen LogP contribution in [0.5, 0.6) is 0 Å². The Morgan fingerprint density at radius 2 is 2.00 bits per heavy atom. The maximum Gasteiger partial charge on any atom is -0.0104 e. The predicted molar refractivity (Wildman–Crippen MR) is 59.7 cm³/mol. The van der Waals surface area contributed by atoms with Crippen molar-refractivity contribution >= 4 is 0 Å². The van der Waals surface area contributed by atoms with Crippen LogP contribution in [0.1, 0.15) is 47.5 Å². The molecular formula is C13H22. The maximum absolute atomic E-state index is 2.39. The first-order chi connectivity index (χ1) is 5.92. The summed E-state index contributed by atoms with van der Waals surface area (Å²) in [6.07, 6.45) is 7.19. The first-order valence-electron chi connectivity index (χ1n) is 5.29. The van der Waals surface area contributed by atoms with Gasteiger partial charge in [-0.2, -0.15) is 0 Å². The number of hydrogen-bond donors (Lipinski definition) is 0. The Morgan fingerprint density at radius 1 is 1.38 bits per heavy atom. The molecule has 0 unspecified atom stereocenters. The van der Waals surface area contributed by atoms with Crippen molar-refractivity contribution in [3.05, 3.63) is 23.3 Å². The van der Waals surface area contributed by atoms with E-state index in [4.69, 9.17) is 0 Å². The molecule has 74 valence electrons. The molecule has 1 rings (SSSR count). The van der Waals surface area contributed by atoms with Gasteiger partial charge in [-0.15, -0.1) is 0 Å². The molecule has 1 aliphatic rings. The van der Waals surface area contributed by atoms with Gasteiger partial charge >= 0.3 is 0 Å². The van der Waals surface area contributed by atoms with Crippen molar-refractivity contribution in [1.29, 1.82) is 0 Å². The summed E-state index contributed by atoms with van der Waals surface area (Å²) in [4.78, 5) is 0. The van der Waals surface area contributed by atoms with Gasteiger partial charge in [0.15, 0.2) is 0 Å². The summed E-state index contributed by atoms with van der Waals surface area (Å²) >= 11 is 0. The molecule has 0 atom stereocenters. The summed E-state index contributed by atoms with van der Waals surface area (Å²) in [6, 6.07) is 0. The summed E-state index contributed by atoms with van der Waals surface area (Å²) in [7, 11) is 0. The lowest BCUT2D eigenvalue weighted by molar-refractivity contribution is 0.352. The molecule has 0 N–H and O–H groups in total. The molecule has 0 radical (unpaired) electrons. The van der Waals surface area contributed by atoms with Crippen LogP contribution in [0.4, 0.5) is 0 Å². The molecule has 0 fully saturated rings. The molecule has 0 spiro atoms. The van der Waals surface area contributed by atoms with E-state index in [0.717, 1.165) is 12.3 Å². The van der Waals surface area contributed by atoms with Crippen molar-refractivity contribution in [1.82, 2.24) is 0 Å². The second-order valence-corrected chi connectivity index (χ2v) is 5.34. The molecule has 0 aliphatic heterocycles. The Bertz CT molecular complexity index is 239. The molecule has 0 saturated heterocycles. The lowest BCUT2D eigenvalue weighted by Crippen LogP contribution is -2.15. The van der Waals surface area contributed by atoms with E-state index in [1.54, 1.807) is 5.57 Å². The third kappa shape index (κ3) is 2.72. The van der Waals surface area contributed by atoms with Crippen LogP contribution in [0.15, 0.2) is 23.3 Å². The summed E-state index contributed by atoms with van der Waals surface area (Å²) in [6.45, 7) is 11.5. The van der Waals surface area contributed by atoms with Gasteiger partial charge in [0.2, 0.25) is 0 Å². The zero-order valence-corrected chi connectivity index (χ0v) is 9.65. The first-order valence-corrected chi connectivity index (χ1v) is 5.29. The zero-order chi connectivity index (χ0) is 10.1. The number of hydrogen-bond acceptors (Lipinski definition) is 0. The second-order valence-electron chi connectivity index (χ2n) is 5.34. The van der Waals surface area contributed by atoms with E-state index in [0.29, 0.717) is 5.41 Å². The van der Waals surface area contributed by atoms with E-state index < -0.39 is 0 Å². The van der Waals surface area contributed by atoms with E-state index in [-0.39, 0.29) is 0 Å². The van der Waals surface area contributed by atoms with Crippen LogP contribution in [-0.4, -0.2) is 0 Å². The molecule has 0 aromatic rings. The quantitative estimate of drug-likeness (QED) is 0.603. The Labute approximate surface area is 82.7 Å². The second kappa shape index (κ2) is 3.69. The highest BCUT2D eigenvalue weighted by Crippen LogP contribution is 2.37. The fourth-order valence-electron chi connectivity index (χ4n) is 2.26. The van der Waals surface area contributed by atoms with Gasteiger partial charge in [-0.25, -0.2) is 0 Å². The van der Waals surface area contributed by atoms with Crippen molar-refractivity contribution in [3.63, 3.8) is 0 Å². The monoisotopic (exact) mass is 178 g/mol. The fraction of sp³-hybridized carbons (Fsp3) is 0.692. The van der Waals surface area contributed by atoms with Gasteiger partial charge in [0.1, 0.15) is 0 Å². The predicted octanol–water partition coefficient (Wildman–Crippen LogP) is 4.34. The molecule has 0 heteroatoms. The summed E-state index contributed by atoms with van der Waals surface area (Å²) in [5, 5.41) is 0. The zero-order valence-electron chi connectivity index (χ0n) is 9.65. The van der Waals surface area contributed by atoms with E-state index in [1.807, 2.05) is 0 Å². The molecule has 0 amide bonds. The largest absolute Gasteiger partial charge is 0.0767 e. The van der Waals surface area contributed by atoms with E-state index in [1.165, 1.54) is 12.0 Å². The Morgan fingerprint density at radius 3 is 2.38 bits per heavy atom. The number of allylic oxidation sites excluding steroid dienone is 4. The van der Waals surface area contributed by atoms with E-state index in [9.17, 15) is 0 Å². The minimum atomic E-state index is 0.367. The average molecular weight is 178 g/mol. The topological polar surface area (TPSA) is 0 Å². The standard InChI is InChI=1S/C13H22/c1-10(2)9-13(4,5)12-7-6-11(3)8-12/h7-8,10H,6,9H2,1-5H3. The smallest absolute Gasteiger partial charge is 0.0104 e. The summed E-state index contributed by atoms with van der Waals surface area (Å²) in [5.41, 5.74) is 3.41. The van der Waals surface area contributed by atoms with Gasteiger partial charge in [-0.1, -0.05) is 45.4 Å². The maximum atomic E-state index is 2.39. The molecule has 1 aliphatic carbocycles. The highest BCUT2D eigenvalue weighted by molar-refractivity contribution is 5.35. The van der Waals surface area contributed by atoms with Crippen LogP contribution in [-0.2, 0) is 0 Å². The van der Waals surface area contributed by atoms with Crippen LogP contribution in [0.3, 0.4) is 0 Å².